The molecule has 1 heterocycles. The number of hydrogen-bond acceptors (Lipinski definition) is 4. The summed E-state index contributed by atoms with van der Waals surface area (Å²) in [5, 5.41) is 2.26. The molecule has 0 spiro atoms. The van der Waals surface area contributed by atoms with Crippen LogP contribution in [-0.2, 0) is 4.74 Å². The summed E-state index contributed by atoms with van der Waals surface area (Å²) in [5.41, 5.74) is 5.46. The van der Waals surface area contributed by atoms with Crippen LogP contribution in [0.15, 0.2) is 11.4 Å². The molecule has 1 aromatic rings. The third-order valence-corrected chi connectivity index (χ3v) is 3.83. The standard InChI is InChI=1S/C11H15ClN2O2S2/c1-16-6-5-14(4-2-9(13)17)11(15)10-8(12)3-7-18-10/h3,7H,2,4-6H2,1H3,(H2,13,17). The van der Waals surface area contributed by atoms with Crippen LogP contribution in [-0.4, -0.2) is 42.6 Å². The van der Waals surface area contributed by atoms with Crippen LogP contribution in [0.25, 0.3) is 0 Å². The van der Waals surface area contributed by atoms with Crippen molar-refractivity contribution < 1.29 is 9.53 Å². The molecular formula is C11H15ClN2O2S2. The van der Waals surface area contributed by atoms with E-state index in [9.17, 15) is 4.79 Å². The first-order valence-electron chi connectivity index (χ1n) is 5.35. The number of carbonyl (C=O) groups excluding carboxylic acids is 1. The maximum atomic E-state index is 12.3. The first kappa shape index (κ1) is 15.4. The van der Waals surface area contributed by atoms with E-state index in [0.29, 0.717) is 41.0 Å². The third kappa shape index (κ3) is 4.53. The van der Waals surface area contributed by atoms with E-state index in [1.165, 1.54) is 11.3 Å². The van der Waals surface area contributed by atoms with Crippen LogP contribution in [0.4, 0.5) is 0 Å². The van der Waals surface area contributed by atoms with Crippen LogP contribution in [0.2, 0.25) is 5.02 Å². The van der Waals surface area contributed by atoms with Crippen molar-refractivity contribution in [3.05, 3.63) is 21.3 Å². The number of ether oxygens (including phenoxy) is 1. The Labute approximate surface area is 121 Å². The van der Waals surface area contributed by atoms with Gasteiger partial charge in [-0.25, -0.2) is 0 Å². The smallest absolute Gasteiger partial charge is 0.265 e. The van der Waals surface area contributed by atoms with Crippen LogP contribution in [0.1, 0.15) is 16.1 Å². The second-order valence-corrected chi connectivity index (χ2v) is 5.45. The second-order valence-electron chi connectivity index (χ2n) is 3.60. The largest absolute Gasteiger partial charge is 0.393 e. The van der Waals surface area contributed by atoms with Gasteiger partial charge in [0.05, 0.1) is 16.6 Å². The Hall–Kier alpha value is -0.690. The van der Waals surface area contributed by atoms with Crippen molar-refractivity contribution in [2.45, 2.75) is 6.42 Å². The summed E-state index contributed by atoms with van der Waals surface area (Å²) in [5.74, 6) is -0.108. The molecule has 0 saturated heterocycles. The average molecular weight is 307 g/mol. The van der Waals surface area contributed by atoms with Crippen LogP contribution in [0.3, 0.4) is 0 Å². The molecule has 0 unspecified atom stereocenters. The molecule has 4 nitrogen and oxygen atoms in total. The number of hydrogen-bond donors (Lipinski definition) is 1. The van der Waals surface area contributed by atoms with E-state index >= 15 is 0 Å². The van der Waals surface area contributed by atoms with Crippen LogP contribution in [0, 0.1) is 0 Å². The van der Waals surface area contributed by atoms with Crippen molar-refractivity contribution in [2.75, 3.05) is 26.8 Å². The number of methoxy groups -OCH3 is 1. The summed E-state index contributed by atoms with van der Waals surface area (Å²) in [6.45, 7) is 1.43. The van der Waals surface area contributed by atoms with Gasteiger partial charge in [-0.2, -0.15) is 0 Å². The number of thiophene rings is 1. The van der Waals surface area contributed by atoms with Crippen LogP contribution >= 0.6 is 35.2 Å². The first-order chi connectivity index (χ1) is 8.56. The number of amides is 1. The molecule has 0 aliphatic heterocycles. The van der Waals surface area contributed by atoms with Crippen molar-refractivity contribution in [3.63, 3.8) is 0 Å². The molecule has 1 aromatic heterocycles. The van der Waals surface area contributed by atoms with Gasteiger partial charge in [-0.1, -0.05) is 23.8 Å². The summed E-state index contributed by atoms with van der Waals surface area (Å²) in [6, 6.07) is 1.71. The summed E-state index contributed by atoms with van der Waals surface area (Å²) in [4.78, 5) is 14.8. The lowest BCUT2D eigenvalue weighted by molar-refractivity contribution is 0.0706. The zero-order valence-corrected chi connectivity index (χ0v) is 12.4. The molecule has 100 valence electrons. The quantitative estimate of drug-likeness (QED) is 0.784. The Morgan fingerprint density at radius 2 is 2.33 bits per heavy atom. The van der Waals surface area contributed by atoms with Gasteiger partial charge in [-0.05, 0) is 11.4 Å². The minimum atomic E-state index is -0.108. The van der Waals surface area contributed by atoms with E-state index in [4.69, 9.17) is 34.3 Å². The molecule has 0 atom stereocenters. The molecule has 0 aliphatic rings. The molecule has 0 saturated carbocycles. The maximum Gasteiger partial charge on any atom is 0.265 e. The van der Waals surface area contributed by atoms with Crippen molar-refractivity contribution in [1.82, 2.24) is 4.90 Å². The lowest BCUT2D eigenvalue weighted by Gasteiger charge is -2.21. The van der Waals surface area contributed by atoms with Gasteiger partial charge in [0.2, 0.25) is 0 Å². The highest BCUT2D eigenvalue weighted by atomic mass is 35.5. The molecule has 0 aromatic carbocycles. The molecule has 1 rings (SSSR count). The zero-order valence-electron chi connectivity index (χ0n) is 10.0. The number of carbonyl (C=O) groups is 1. The highest BCUT2D eigenvalue weighted by Crippen LogP contribution is 2.23. The molecule has 0 aliphatic carbocycles. The molecule has 18 heavy (non-hydrogen) atoms. The summed E-state index contributed by atoms with van der Waals surface area (Å²) in [6.07, 6.45) is 0.494. The van der Waals surface area contributed by atoms with E-state index in [2.05, 4.69) is 0 Å². The second kappa shape index (κ2) is 7.68. The van der Waals surface area contributed by atoms with Gasteiger partial charge in [-0.3, -0.25) is 4.79 Å². The maximum absolute atomic E-state index is 12.3. The van der Waals surface area contributed by atoms with Crippen molar-refractivity contribution in [3.8, 4) is 0 Å². The molecule has 0 fully saturated rings. The first-order valence-corrected chi connectivity index (χ1v) is 7.02. The number of thiocarbonyl (C=S) groups is 1. The van der Waals surface area contributed by atoms with E-state index in [0.717, 1.165) is 0 Å². The number of nitrogens with zero attached hydrogens (tertiary/aromatic N) is 1. The Bertz CT molecular complexity index is 423. The van der Waals surface area contributed by atoms with Gasteiger partial charge in [-0.15, -0.1) is 11.3 Å². The van der Waals surface area contributed by atoms with E-state index in [-0.39, 0.29) is 5.91 Å². The Kier molecular flexibility index (Phi) is 6.56. The predicted molar refractivity (Wildman–Crippen MR) is 78.5 cm³/mol. The fraction of sp³-hybridized carbons (Fsp3) is 0.455. The summed E-state index contributed by atoms with van der Waals surface area (Å²) in [7, 11) is 1.59. The Balaban J connectivity index is 2.72. The van der Waals surface area contributed by atoms with Gasteiger partial charge in [0, 0.05) is 26.6 Å². The average Bonchev–Trinajstić information content (AvgIpc) is 2.74. The fourth-order valence-electron chi connectivity index (χ4n) is 1.35. The van der Waals surface area contributed by atoms with E-state index in [1.807, 2.05) is 0 Å². The zero-order chi connectivity index (χ0) is 13.5. The molecule has 0 radical (unpaired) electrons. The topological polar surface area (TPSA) is 55.6 Å². The normalized spacial score (nSPS) is 10.3. The summed E-state index contributed by atoms with van der Waals surface area (Å²) < 4.78 is 4.99. The van der Waals surface area contributed by atoms with Gasteiger partial charge >= 0.3 is 0 Å². The Morgan fingerprint density at radius 3 is 2.83 bits per heavy atom. The van der Waals surface area contributed by atoms with Crippen molar-refractivity contribution in [1.29, 1.82) is 0 Å². The third-order valence-electron chi connectivity index (χ3n) is 2.29. The van der Waals surface area contributed by atoms with Crippen LogP contribution < -0.4 is 5.73 Å². The Morgan fingerprint density at radius 1 is 1.61 bits per heavy atom. The molecule has 2 N–H and O–H groups in total. The summed E-state index contributed by atoms with van der Waals surface area (Å²) >= 11 is 12.1. The van der Waals surface area contributed by atoms with E-state index < -0.39 is 0 Å². The van der Waals surface area contributed by atoms with Crippen molar-refractivity contribution in [2.24, 2.45) is 5.73 Å². The van der Waals surface area contributed by atoms with Crippen molar-refractivity contribution >= 4 is 46.1 Å². The number of halogens is 1. The lowest BCUT2D eigenvalue weighted by atomic mass is 10.3. The minimum Gasteiger partial charge on any atom is -0.393 e. The number of rotatable bonds is 7. The predicted octanol–water partition coefficient (Wildman–Crippen LogP) is 2.17. The molecule has 0 bridgehead atoms. The van der Waals surface area contributed by atoms with Gasteiger partial charge < -0.3 is 15.4 Å². The minimum absolute atomic E-state index is 0.108. The molecule has 7 heteroatoms. The van der Waals surface area contributed by atoms with Gasteiger partial charge in [0.1, 0.15) is 4.88 Å². The molecular weight excluding hydrogens is 292 g/mol. The monoisotopic (exact) mass is 306 g/mol. The van der Waals surface area contributed by atoms with Gasteiger partial charge in [0.25, 0.3) is 5.91 Å². The lowest BCUT2D eigenvalue weighted by Crippen LogP contribution is -2.36. The van der Waals surface area contributed by atoms with Crippen LogP contribution in [0.5, 0.6) is 0 Å². The van der Waals surface area contributed by atoms with E-state index in [1.54, 1.807) is 23.5 Å². The highest BCUT2D eigenvalue weighted by Gasteiger charge is 2.19. The fourth-order valence-corrected chi connectivity index (χ4v) is 2.55. The number of nitrogens with two attached hydrogens (primary N) is 1. The molecule has 1 amide bonds. The SMILES string of the molecule is COCCN(CCC(N)=S)C(=O)c1sccc1Cl. The highest BCUT2D eigenvalue weighted by molar-refractivity contribution is 7.80. The van der Waals surface area contributed by atoms with Gasteiger partial charge in [0.15, 0.2) is 0 Å².